The molecule has 20 heavy (non-hydrogen) atoms. The van der Waals surface area contributed by atoms with Crippen LogP contribution >= 0.6 is 0 Å². The molecule has 0 saturated heterocycles. The number of fused-ring (bicyclic) bond motifs is 4. The topological polar surface area (TPSA) is 47.3 Å². The molecule has 0 unspecified atom stereocenters. The van der Waals surface area contributed by atoms with Gasteiger partial charge in [0, 0.05) is 16.8 Å². The maximum absolute atomic E-state index is 12.7. The maximum atomic E-state index is 12.7. The Morgan fingerprint density at radius 3 is 2.90 bits per heavy atom. The SMILES string of the molecule is C=c1c2cc(C)ccc2n2c(=O)c3cccnc3nc12. The van der Waals surface area contributed by atoms with Crippen LogP contribution in [0, 0.1) is 6.92 Å². The molecule has 0 spiro atoms. The molecule has 0 amide bonds. The monoisotopic (exact) mass is 261 g/mol. The highest BCUT2D eigenvalue weighted by atomic mass is 16.1. The third kappa shape index (κ3) is 1.28. The van der Waals surface area contributed by atoms with E-state index in [1.54, 1.807) is 22.7 Å². The molecule has 0 N–H and O–H groups in total. The molecule has 96 valence electrons. The summed E-state index contributed by atoms with van der Waals surface area (Å²) < 4.78 is 1.63. The summed E-state index contributed by atoms with van der Waals surface area (Å²) in [5, 5.41) is 2.26. The van der Waals surface area contributed by atoms with Crippen LogP contribution in [-0.4, -0.2) is 14.4 Å². The molecule has 4 rings (SSSR count). The Kier molecular flexibility index (Phi) is 2.02. The lowest BCUT2D eigenvalue weighted by Gasteiger charge is -1.99. The predicted octanol–water partition coefficient (Wildman–Crippen LogP) is 1.83. The van der Waals surface area contributed by atoms with Crippen molar-refractivity contribution in [3.05, 3.63) is 57.7 Å². The normalized spacial score (nSPS) is 11.7. The lowest BCUT2D eigenvalue weighted by molar-refractivity contribution is 1.13. The first-order valence-electron chi connectivity index (χ1n) is 6.35. The second kappa shape index (κ2) is 3.63. The molecule has 4 nitrogen and oxygen atoms in total. The molecule has 3 heterocycles. The summed E-state index contributed by atoms with van der Waals surface area (Å²) in [6.07, 6.45) is 1.64. The van der Waals surface area contributed by atoms with E-state index in [1.165, 1.54) is 0 Å². The van der Waals surface area contributed by atoms with Crippen LogP contribution in [0.15, 0.2) is 41.3 Å². The predicted molar refractivity (Wildman–Crippen MR) is 79.7 cm³/mol. The number of nitrogens with zero attached hydrogens (tertiary/aromatic N) is 3. The number of benzene rings is 1. The third-order valence-corrected chi connectivity index (χ3v) is 3.63. The second-order valence-electron chi connectivity index (χ2n) is 4.95. The smallest absolute Gasteiger partial charge is 0.267 e. The molecule has 0 aliphatic rings. The minimum atomic E-state index is -0.0955. The molecule has 0 bridgehead atoms. The van der Waals surface area contributed by atoms with Gasteiger partial charge < -0.3 is 0 Å². The number of pyridine rings is 1. The van der Waals surface area contributed by atoms with Gasteiger partial charge in [0.25, 0.3) is 5.56 Å². The van der Waals surface area contributed by atoms with Crippen molar-refractivity contribution in [2.75, 3.05) is 0 Å². The number of hydrogen-bond acceptors (Lipinski definition) is 3. The Labute approximate surface area is 114 Å². The van der Waals surface area contributed by atoms with E-state index in [9.17, 15) is 4.79 Å². The average Bonchev–Trinajstić information content (AvgIpc) is 2.73. The number of aromatic nitrogens is 3. The largest absolute Gasteiger partial charge is 0.268 e. The van der Waals surface area contributed by atoms with Crippen LogP contribution in [0.2, 0.25) is 0 Å². The molecule has 0 atom stereocenters. The maximum Gasteiger partial charge on any atom is 0.267 e. The quantitative estimate of drug-likeness (QED) is 0.485. The van der Waals surface area contributed by atoms with Crippen LogP contribution in [0.25, 0.3) is 34.2 Å². The van der Waals surface area contributed by atoms with E-state index >= 15 is 0 Å². The van der Waals surface area contributed by atoms with Gasteiger partial charge >= 0.3 is 0 Å². The third-order valence-electron chi connectivity index (χ3n) is 3.63. The first-order chi connectivity index (χ1) is 9.66. The van der Waals surface area contributed by atoms with Crippen LogP contribution in [-0.2, 0) is 0 Å². The lowest BCUT2D eigenvalue weighted by atomic mass is 10.1. The van der Waals surface area contributed by atoms with Gasteiger partial charge in [-0.3, -0.25) is 9.20 Å². The van der Waals surface area contributed by atoms with Crippen molar-refractivity contribution in [1.29, 1.82) is 0 Å². The van der Waals surface area contributed by atoms with Gasteiger partial charge in [0.15, 0.2) is 5.65 Å². The summed E-state index contributed by atoms with van der Waals surface area (Å²) in [5.74, 6) is 0. The van der Waals surface area contributed by atoms with Crippen LogP contribution < -0.4 is 10.8 Å². The molecular weight excluding hydrogens is 250 g/mol. The van der Waals surface area contributed by atoms with Crippen molar-refractivity contribution in [3.63, 3.8) is 0 Å². The van der Waals surface area contributed by atoms with E-state index in [4.69, 9.17) is 0 Å². The van der Waals surface area contributed by atoms with Gasteiger partial charge in [0.2, 0.25) is 0 Å². The highest BCUT2D eigenvalue weighted by Gasteiger charge is 2.12. The molecule has 0 fully saturated rings. The van der Waals surface area contributed by atoms with E-state index in [0.29, 0.717) is 16.7 Å². The van der Waals surface area contributed by atoms with Crippen molar-refractivity contribution < 1.29 is 0 Å². The zero-order chi connectivity index (χ0) is 13.9. The van der Waals surface area contributed by atoms with E-state index < -0.39 is 0 Å². The van der Waals surface area contributed by atoms with Crippen LogP contribution in [0.4, 0.5) is 0 Å². The van der Waals surface area contributed by atoms with Gasteiger partial charge in [-0.05, 0) is 31.2 Å². The fourth-order valence-corrected chi connectivity index (χ4v) is 2.65. The van der Waals surface area contributed by atoms with E-state index in [0.717, 1.165) is 21.7 Å². The van der Waals surface area contributed by atoms with Gasteiger partial charge in [-0.2, -0.15) is 0 Å². The minimum absolute atomic E-state index is 0.0955. The molecule has 3 aromatic heterocycles. The summed E-state index contributed by atoms with van der Waals surface area (Å²) in [6.45, 7) is 6.09. The summed E-state index contributed by atoms with van der Waals surface area (Å²) in [5.41, 5.74) is 2.94. The lowest BCUT2D eigenvalue weighted by Crippen LogP contribution is -2.16. The van der Waals surface area contributed by atoms with Crippen molar-refractivity contribution in [3.8, 4) is 0 Å². The molecule has 0 aliphatic carbocycles. The Morgan fingerprint density at radius 2 is 2.05 bits per heavy atom. The average molecular weight is 261 g/mol. The van der Waals surface area contributed by atoms with Gasteiger partial charge in [-0.25, -0.2) is 9.97 Å². The molecule has 1 aromatic carbocycles. The zero-order valence-corrected chi connectivity index (χ0v) is 10.9. The Balaban J connectivity index is 2.42. The van der Waals surface area contributed by atoms with Crippen molar-refractivity contribution in [1.82, 2.24) is 14.4 Å². The van der Waals surface area contributed by atoms with Crippen molar-refractivity contribution in [2.45, 2.75) is 6.92 Å². The van der Waals surface area contributed by atoms with Gasteiger partial charge in [-0.15, -0.1) is 0 Å². The van der Waals surface area contributed by atoms with E-state index in [2.05, 4.69) is 16.5 Å². The molecule has 0 radical (unpaired) electrons. The van der Waals surface area contributed by atoms with Gasteiger partial charge in [-0.1, -0.05) is 18.2 Å². The van der Waals surface area contributed by atoms with Crippen LogP contribution in [0.5, 0.6) is 0 Å². The summed E-state index contributed by atoms with van der Waals surface area (Å²) in [6, 6.07) is 9.46. The number of rotatable bonds is 0. The molecule has 4 heteroatoms. The number of aryl methyl sites for hydroxylation is 1. The summed E-state index contributed by atoms with van der Waals surface area (Å²) in [7, 11) is 0. The van der Waals surface area contributed by atoms with E-state index in [-0.39, 0.29) is 5.56 Å². The minimum Gasteiger partial charge on any atom is -0.268 e. The molecule has 0 saturated carbocycles. The summed E-state index contributed by atoms with van der Waals surface area (Å²) in [4.78, 5) is 21.3. The highest BCUT2D eigenvalue weighted by molar-refractivity contribution is 5.90. The van der Waals surface area contributed by atoms with Crippen molar-refractivity contribution in [2.24, 2.45) is 0 Å². The first kappa shape index (κ1) is 11.1. The van der Waals surface area contributed by atoms with Crippen molar-refractivity contribution >= 4 is 34.2 Å². The highest BCUT2D eigenvalue weighted by Crippen LogP contribution is 2.15. The molecular formula is C16H11N3O. The zero-order valence-electron chi connectivity index (χ0n) is 10.9. The molecule has 0 aliphatic heterocycles. The molecule has 4 aromatic rings. The fourth-order valence-electron chi connectivity index (χ4n) is 2.65. The first-order valence-corrected chi connectivity index (χ1v) is 6.35. The fraction of sp³-hybridized carbons (Fsp3) is 0.0625. The standard InChI is InChI=1S/C16H11N3O/c1-9-5-6-13-12(8-9)10(2)15-18-14-11(4-3-7-17-14)16(20)19(13)15/h3-8H,2H2,1H3. The Bertz CT molecular complexity index is 1100. The van der Waals surface area contributed by atoms with Gasteiger partial charge in [0.05, 0.1) is 10.9 Å². The van der Waals surface area contributed by atoms with Crippen LogP contribution in [0.3, 0.4) is 0 Å². The van der Waals surface area contributed by atoms with Gasteiger partial charge in [0.1, 0.15) is 5.65 Å². The Hall–Kier alpha value is -2.75. The number of hydrogen-bond donors (Lipinski definition) is 0. The van der Waals surface area contributed by atoms with E-state index in [1.807, 2.05) is 25.1 Å². The second-order valence-corrected chi connectivity index (χ2v) is 4.95. The summed E-state index contributed by atoms with van der Waals surface area (Å²) >= 11 is 0. The Morgan fingerprint density at radius 1 is 1.20 bits per heavy atom. The van der Waals surface area contributed by atoms with Crippen LogP contribution in [0.1, 0.15) is 5.56 Å².